The quantitative estimate of drug-likeness (QED) is 0.824. The minimum absolute atomic E-state index is 0.0283. The Morgan fingerprint density at radius 3 is 2.43 bits per heavy atom. The fourth-order valence-corrected chi connectivity index (χ4v) is 1.93. The average molecular weight is 256 g/mol. The van der Waals surface area contributed by atoms with Crippen molar-refractivity contribution in [1.29, 1.82) is 0 Å². The second kappa shape index (κ2) is 4.60. The Morgan fingerprint density at radius 1 is 1.43 bits per heavy atom. The van der Waals surface area contributed by atoms with Crippen molar-refractivity contribution in [3.8, 4) is 0 Å². The van der Waals surface area contributed by atoms with Crippen LogP contribution in [-0.4, -0.2) is 18.3 Å². The highest BCUT2D eigenvalue weighted by molar-refractivity contribution is 9.09. The molecule has 1 N–H and O–H groups in total. The Hall–Kier alpha value is -0.830. The zero-order valence-corrected chi connectivity index (χ0v) is 9.97. The lowest BCUT2D eigenvalue weighted by atomic mass is 9.84. The van der Waals surface area contributed by atoms with Crippen LogP contribution in [0.1, 0.15) is 12.5 Å². The first-order valence-corrected chi connectivity index (χ1v) is 5.61. The van der Waals surface area contributed by atoms with Gasteiger partial charge in [-0.1, -0.05) is 46.3 Å². The van der Waals surface area contributed by atoms with Gasteiger partial charge in [0.2, 0.25) is 5.91 Å². The van der Waals surface area contributed by atoms with Gasteiger partial charge in [-0.2, -0.15) is 0 Å². The third-order valence-electron chi connectivity index (χ3n) is 2.41. The first-order valence-electron chi connectivity index (χ1n) is 4.49. The monoisotopic (exact) mass is 255 g/mol. The lowest BCUT2D eigenvalue weighted by Gasteiger charge is -2.25. The normalized spacial score (nSPS) is 14.5. The SMILES string of the molecule is CNC(=O)C(C)(CBr)c1ccccc1. The van der Waals surface area contributed by atoms with Gasteiger partial charge in [-0.25, -0.2) is 0 Å². The number of halogens is 1. The van der Waals surface area contributed by atoms with Crippen molar-refractivity contribution in [2.24, 2.45) is 0 Å². The van der Waals surface area contributed by atoms with E-state index in [4.69, 9.17) is 0 Å². The maximum Gasteiger partial charge on any atom is 0.230 e. The molecule has 0 aromatic heterocycles. The summed E-state index contributed by atoms with van der Waals surface area (Å²) >= 11 is 3.39. The number of hydrogen-bond acceptors (Lipinski definition) is 1. The molecule has 0 saturated carbocycles. The predicted octanol–water partition coefficient (Wildman–Crippen LogP) is 2.09. The van der Waals surface area contributed by atoms with Crippen molar-refractivity contribution < 1.29 is 4.79 Å². The smallest absolute Gasteiger partial charge is 0.230 e. The summed E-state index contributed by atoms with van der Waals surface area (Å²) in [6.07, 6.45) is 0. The van der Waals surface area contributed by atoms with E-state index >= 15 is 0 Å². The molecule has 1 aromatic rings. The summed E-state index contributed by atoms with van der Waals surface area (Å²) in [5.74, 6) is 0.0283. The molecule has 1 aromatic carbocycles. The molecule has 0 aliphatic rings. The van der Waals surface area contributed by atoms with Crippen LogP contribution in [-0.2, 0) is 10.2 Å². The molecule has 0 fully saturated rings. The third kappa shape index (κ3) is 1.98. The summed E-state index contributed by atoms with van der Waals surface area (Å²) in [5.41, 5.74) is 0.534. The van der Waals surface area contributed by atoms with E-state index in [1.807, 2.05) is 37.3 Å². The van der Waals surface area contributed by atoms with Gasteiger partial charge in [-0.15, -0.1) is 0 Å². The molecule has 76 valence electrons. The largest absolute Gasteiger partial charge is 0.358 e. The molecular weight excluding hydrogens is 242 g/mol. The van der Waals surface area contributed by atoms with Gasteiger partial charge < -0.3 is 5.32 Å². The number of carbonyl (C=O) groups is 1. The van der Waals surface area contributed by atoms with Crippen LogP contribution in [0.5, 0.6) is 0 Å². The average Bonchev–Trinajstić information content (AvgIpc) is 2.28. The molecular formula is C11H14BrNO. The van der Waals surface area contributed by atoms with E-state index in [0.717, 1.165) is 5.56 Å². The first kappa shape index (κ1) is 11.2. The molecule has 14 heavy (non-hydrogen) atoms. The number of amides is 1. The van der Waals surface area contributed by atoms with Crippen molar-refractivity contribution in [2.75, 3.05) is 12.4 Å². The van der Waals surface area contributed by atoms with Gasteiger partial charge in [-0.05, 0) is 12.5 Å². The number of benzene rings is 1. The van der Waals surface area contributed by atoms with Crippen LogP contribution >= 0.6 is 15.9 Å². The highest BCUT2D eigenvalue weighted by atomic mass is 79.9. The van der Waals surface area contributed by atoms with Crippen LogP contribution in [0.2, 0.25) is 0 Å². The van der Waals surface area contributed by atoms with Crippen LogP contribution in [0.3, 0.4) is 0 Å². The standard InChI is InChI=1S/C11H14BrNO/c1-11(8-12,10(14)13-2)9-6-4-3-5-7-9/h3-7H,8H2,1-2H3,(H,13,14). The second-order valence-corrected chi connectivity index (χ2v) is 3.97. The summed E-state index contributed by atoms with van der Waals surface area (Å²) < 4.78 is 0. The summed E-state index contributed by atoms with van der Waals surface area (Å²) in [4.78, 5) is 11.7. The molecule has 0 spiro atoms. The molecule has 0 radical (unpaired) electrons. The molecule has 3 heteroatoms. The van der Waals surface area contributed by atoms with Crippen LogP contribution < -0.4 is 5.32 Å². The van der Waals surface area contributed by atoms with E-state index in [1.165, 1.54) is 0 Å². The highest BCUT2D eigenvalue weighted by Gasteiger charge is 2.32. The zero-order chi connectivity index (χ0) is 10.6. The molecule has 0 saturated heterocycles. The summed E-state index contributed by atoms with van der Waals surface area (Å²) in [6.45, 7) is 1.93. The van der Waals surface area contributed by atoms with Crippen molar-refractivity contribution >= 4 is 21.8 Å². The van der Waals surface area contributed by atoms with Gasteiger partial charge in [0.1, 0.15) is 0 Å². The van der Waals surface area contributed by atoms with E-state index in [0.29, 0.717) is 5.33 Å². The minimum Gasteiger partial charge on any atom is -0.358 e. The van der Waals surface area contributed by atoms with E-state index in [2.05, 4.69) is 21.2 Å². The van der Waals surface area contributed by atoms with Gasteiger partial charge in [-0.3, -0.25) is 4.79 Å². The first-order chi connectivity index (χ1) is 6.65. The number of likely N-dealkylation sites (N-methyl/N-ethyl adjacent to an activating group) is 1. The summed E-state index contributed by atoms with van der Waals surface area (Å²) in [6, 6.07) is 9.77. The molecule has 0 heterocycles. The Kier molecular flexibility index (Phi) is 3.69. The summed E-state index contributed by atoms with van der Waals surface area (Å²) in [5, 5.41) is 3.30. The van der Waals surface area contributed by atoms with Crippen LogP contribution in [0.25, 0.3) is 0 Å². The minimum atomic E-state index is -0.490. The van der Waals surface area contributed by atoms with Gasteiger partial charge in [0.05, 0.1) is 5.41 Å². The van der Waals surface area contributed by atoms with Gasteiger partial charge in [0, 0.05) is 12.4 Å². The lowest BCUT2D eigenvalue weighted by Crippen LogP contribution is -2.41. The van der Waals surface area contributed by atoms with Gasteiger partial charge in [0.15, 0.2) is 0 Å². The molecule has 1 amide bonds. The molecule has 1 unspecified atom stereocenters. The maximum atomic E-state index is 11.7. The molecule has 0 bridgehead atoms. The fourth-order valence-electron chi connectivity index (χ4n) is 1.35. The van der Waals surface area contributed by atoms with Crippen molar-refractivity contribution in [1.82, 2.24) is 5.32 Å². The topological polar surface area (TPSA) is 29.1 Å². The van der Waals surface area contributed by atoms with Crippen LogP contribution in [0, 0.1) is 0 Å². The Labute approximate surface area is 92.8 Å². The summed E-state index contributed by atoms with van der Waals surface area (Å²) in [7, 11) is 1.66. The molecule has 1 atom stereocenters. The Morgan fingerprint density at radius 2 is 2.00 bits per heavy atom. The molecule has 0 aliphatic heterocycles. The number of carbonyl (C=O) groups excluding carboxylic acids is 1. The van der Waals surface area contributed by atoms with Crippen molar-refractivity contribution in [3.63, 3.8) is 0 Å². The molecule has 1 rings (SSSR count). The van der Waals surface area contributed by atoms with Crippen molar-refractivity contribution in [3.05, 3.63) is 35.9 Å². The van der Waals surface area contributed by atoms with Gasteiger partial charge in [0.25, 0.3) is 0 Å². The molecule has 2 nitrogen and oxygen atoms in total. The number of nitrogens with one attached hydrogen (secondary N) is 1. The lowest BCUT2D eigenvalue weighted by molar-refractivity contribution is -0.124. The van der Waals surface area contributed by atoms with Crippen LogP contribution in [0.4, 0.5) is 0 Å². The van der Waals surface area contributed by atoms with E-state index in [9.17, 15) is 4.79 Å². The third-order valence-corrected chi connectivity index (χ3v) is 3.53. The number of rotatable bonds is 3. The highest BCUT2D eigenvalue weighted by Crippen LogP contribution is 2.25. The van der Waals surface area contributed by atoms with Gasteiger partial charge >= 0.3 is 0 Å². The Bertz CT molecular complexity index is 312. The number of alkyl halides is 1. The fraction of sp³-hybridized carbons (Fsp3) is 0.364. The second-order valence-electron chi connectivity index (χ2n) is 3.41. The zero-order valence-electron chi connectivity index (χ0n) is 8.38. The Balaban J connectivity index is 3.08. The van der Waals surface area contributed by atoms with E-state index in [1.54, 1.807) is 7.05 Å². The predicted molar refractivity (Wildman–Crippen MR) is 61.7 cm³/mol. The maximum absolute atomic E-state index is 11.7. The van der Waals surface area contributed by atoms with E-state index < -0.39 is 5.41 Å². The van der Waals surface area contributed by atoms with E-state index in [-0.39, 0.29) is 5.91 Å². The van der Waals surface area contributed by atoms with Crippen LogP contribution in [0.15, 0.2) is 30.3 Å². The number of hydrogen-bond donors (Lipinski definition) is 1. The molecule has 0 aliphatic carbocycles. The van der Waals surface area contributed by atoms with Crippen molar-refractivity contribution in [2.45, 2.75) is 12.3 Å².